The zero-order chi connectivity index (χ0) is 30.0. The van der Waals surface area contributed by atoms with E-state index in [1.54, 1.807) is 25.1 Å². The van der Waals surface area contributed by atoms with Crippen LogP contribution in [0.5, 0.6) is 5.75 Å². The van der Waals surface area contributed by atoms with Crippen LogP contribution in [-0.2, 0) is 15.8 Å². The first-order valence-electron chi connectivity index (χ1n) is 13.5. The molecule has 2 aliphatic rings. The minimum absolute atomic E-state index is 0.0626. The summed E-state index contributed by atoms with van der Waals surface area (Å²) in [5.74, 6) is 0.953. The van der Waals surface area contributed by atoms with E-state index < -0.39 is 23.5 Å². The fourth-order valence-corrected chi connectivity index (χ4v) is 5.76. The molecular formula is C30H31F3N6O3. The van der Waals surface area contributed by atoms with Crippen LogP contribution < -0.4 is 20.7 Å². The number of aromatic nitrogens is 2. The van der Waals surface area contributed by atoms with Crippen LogP contribution in [0.15, 0.2) is 61.3 Å². The summed E-state index contributed by atoms with van der Waals surface area (Å²) in [4.78, 5) is 33.3. The number of hydrogen-bond donors (Lipinski definition) is 3. The highest BCUT2D eigenvalue weighted by Gasteiger charge is 2.42. The Morgan fingerprint density at radius 3 is 2.43 bits per heavy atom. The smallest absolute Gasteiger partial charge is 0.421 e. The number of methoxy groups -OCH3 is 1. The fraction of sp³-hybridized carbons (Fsp3) is 0.333. The second-order valence-electron chi connectivity index (χ2n) is 10.6. The minimum Gasteiger partial charge on any atom is -0.495 e. The lowest BCUT2D eigenvalue weighted by Gasteiger charge is -2.19. The number of rotatable bonds is 8. The predicted molar refractivity (Wildman–Crippen MR) is 153 cm³/mol. The van der Waals surface area contributed by atoms with E-state index in [1.165, 1.54) is 13.2 Å². The second kappa shape index (κ2) is 11.7. The van der Waals surface area contributed by atoms with E-state index in [4.69, 9.17) is 4.74 Å². The molecule has 3 aromatic rings. The monoisotopic (exact) mass is 580 g/mol. The highest BCUT2D eigenvalue weighted by Crippen LogP contribution is 2.47. The van der Waals surface area contributed by atoms with Gasteiger partial charge in [-0.1, -0.05) is 18.7 Å². The lowest BCUT2D eigenvalue weighted by Crippen LogP contribution is -2.27. The van der Waals surface area contributed by atoms with Crippen molar-refractivity contribution in [2.45, 2.75) is 31.9 Å². The standard InChI is InChI=1S/C30H31F3N6O3/c1-4-27(41)35-22-6-5-7-23(13-22)36-28-24(30(31,32)33)14-34-29(38-28)37-25-9-8-18(12-26(25)42-3)19-10-20-15-39(17(2)40)16-21(20)11-19/h4-9,12-14,19-21H,1,10-11,15-16H2,2-3H3,(H,35,41)(H2,34,36,37,38). The quantitative estimate of drug-likeness (QED) is 0.277. The number of fused-ring (bicyclic) bond motifs is 1. The number of alkyl halides is 3. The molecule has 0 spiro atoms. The number of amides is 2. The molecule has 42 heavy (non-hydrogen) atoms. The molecule has 2 atom stereocenters. The summed E-state index contributed by atoms with van der Waals surface area (Å²) in [5.41, 5.74) is 1.22. The van der Waals surface area contributed by atoms with Crippen molar-refractivity contribution < 1.29 is 27.5 Å². The molecule has 2 aromatic carbocycles. The molecule has 1 aromatic heterocycles. The maximum absolute atomic E-state index is 13.8. The number of ether oxygens (including phenoxy) is 1. The summed E-state index contributed by atoms with van der Waals surface area (Å²) < 4.78 is 47.1. The van der Waals surface area contributed by atoms with Crippen LogP contribution in [0.4, 0.5) is 42.0 Å². The van der Waals surface area contributed by atoms with Crippen molar-refractivity contribution in [2.24, 2.45) is 11.8 Å². The molecule has 0 bridgehead atoms. The van der Waals surface area contributed by atoms with Crippen LogP contribution in [-0.4, -0.2) is 46.9 Å². The van der Waals surface area contributed by atoms with Crippen LogP contribution in [0, 0.1) is 11.8 Å². The van der Waals surface area contributed by atoms with Gasteiger partial charge in [0.2, 0.25) is 17.8 Å². The second-order valence-corrected chi connectivity index (χ2v) is 10.6. The molecule has 2 unspecified atom stereocenters. The van der Waals surface area contributed by atoms with Crippen LogP contribution in [0.1, 0.15) is 36.8 Å². The van der Waals surface area contributed by atoms with Gasteiger partial charge in [-0.05, 0) is 72.6 Å². The maximum Gasteiger partial charge on any atom is 0.421 e. The minimum atomic E-state index is -4.71. The summed E-state index contributed by atoms with van der Waals surface area (Å²) >= 11 is 0. The van der Waals surface area contributed by atoms with E-state index in [-0.39, 0.29) is 17.5 Å². The van der Waals surface area contributed by atoms with Crippen LogP contribution in [0.25, 0.3) is 0 Å². The Hall–Kier alpha value is -4.61. The summed E-state index contributed by atoms with van der Waals surface area (Å²) in [5, 5.41) is 8.25. The van der Waals surface area contributed by atoms with E-state index >= 15 is 0 Å². The highest BCUT2D eigenvalue weighted by molar-refractivity contribution is 5.99. The van der Waals surface area contributed by atoms with Gasteiger partial charge in [0, 0.05) is 37.6 Å². The van der Waals surface area contributed by atoms with Gasteiger partial charge in [-0.15, -0.1) is 0 Å². The molecule has 1 saturated heterocycles. The largest absolute Gasteiger partial charge is 0.495 e. The molecular weight excluding hydrogens is 549 g/mol. The fourth-order valence-electron chi connectivity index (χ4n) is 5.76. The van der Waals surface area contributed by atoms with Gasteiger partial charge in [0.15, 0.2) is 0 Å². The Bertz CT molecular complexity index is 1500. The lowest BCUT2D eigenvalue weighted by atomic mass is 9.95. The topological polar surface area (TPSA) is 108 Å². The number of carbonyl (C=O) groups is 2. The van der Waals surface area contributed by atoms with Gasteiger partial charge in [-0.2, -0.15) is 18.2 Å². The van der Waals surface area contributed by atoms with E-state index in [2.05, 4.69) is 32.5 Å². The van der Waals surface area contributed by atoms with Crippen molar-refractivity contribution in [3.05, 3.63) is 72.4 Å². The van der Waals surface area contributed by atoms with Crippen molar-refractivity contribution in [3.8, 4) is 5.75 Å². The van der Waals surface area contributed by atoms with Crippen LogP contribution in [0.3, 0.4) is 0 Å². The van der Waals surface area contributed by atoms with Gasteiger partial charge in [0.1, 0.15) is 17.1 Å². The SMILES string of the molecule is C=CC(=O)Nc1cccc(Nc2nc(Nc3ccc(C4CC5CN(C(C)=O)CC5C4)cc3OC)ncc2C(F)(F)F)c1. The van der Waals surface area contributed by atoms with Gasteiger partial charge in [-0.3, -0.25) is 9.59 Å². The Kier molecular flexibility index (Phi) is 8.06. The number of benzene rings is 2. The number of anilines is 5. The average Bonchev–Trinajstić information content (AvgIpc) is 3.53. The Balaban J connectivity index is 1.35. The molecule has 1 saturated carbocycles. The number of carbonyl (C=O) groups excluding carboxylic acids is 2. The molecule has 9 nitrogen and oxygen atoms in total. The molecule has 5 rings (SSSR count). The summed E-state index contributed by atoms with van der Waals surface area (Å²) in [6.45, 7) is 6.59. The van der Waals surface area contributed by atoms with Gasteiger partial charge >= 0.3 is 6.18 Å². The van der Waals surface area contributed by atoms with Gasteiger partial charge in [0.05, 0.1) is 12.8 Å². The summed E-state index contributed by atoms with van der Waals surface area (Å²) in [7, 11) is 1.52. The normalized spacial score (nSPS) is 19.6. The average molecular weight is 581 g/mol. The zero-order valence-electron chi connectivity index (χ0n) is 23.2. The first kappa shape index (κ1) is 28.9. The first-order chi connectivity index (χ1) is 20.0. The Morgan fingerprint density at radius 2 is 1.79 bits per heavy atom. The molecule has 0 radical (unpaired) electrons. The van der Waals surface area contributed by atoms with Crippen molar-refractivity contribution in [1.29, 1.82) is 0 Å². The number of nitrogens with one attached hydrogen (secondary N) is 3. The molecule has 1 aliphatic heterocycles. The molecule has 2 amide bonds. The Labute approximate surface area is 241 Å². The van der Waals surface area contributed by atoms with Gasteiger partial charge in [-0.25, -0.2) is 4.98 Å². The lowest BCUT2D eigenvalue weighted by molar-refractivity contribution is -0.137. The molecule has 12 heteroatoms. The maximum atomic E-state index is 13.8. The van der Waals surface area contributed by atoms with E-state index in [1.807, 2.05) is 23.1 Å². The number of nitrogens with zero attached hydrogens (tertiary/aromatic N) is 3. The molecule has 2 heterocycles. The predicted octanol–water partition coefficient (Wildman–Crippen LogP) is 6.09. The highest BCUT2D eigenvalue weighted by atomic mass is 19.4. The number of hydrogen-bond acceptors (Lipinski definition) is 7. The van der Waals surface area contributed by atoms with E-state index in [0.717, 1.165) is 37.6 Å². The van der Waals surface area contributed by atoms with Crippen molar-refractivity contribution in [3.63, 3.8) is 0 Å². The summed E-state index contributed by atoms with van der Waals surface area (Å²) in [6, 6.07) is 11.9. The molecule has 220 valence electrons. The zero-order valence-corrected chi connectivity index (χ0v) is 23.2. The summed E-state index contributed by atoms with van der Waals surface area (Å²) in [6.07, 6.45) is -0.938. The van der Waals surface area contributed by atoms with E-state index in [9.17, 15) is 22.8 Å². The van der Waals surface area contributed by atoms with E-state index in [0.29, 0.717) is 41.1 Å². The molecule has 2 fully saturated rings. The third kappa shape index (κ3) is 6.32. The van der Waals surface area contributed by atoms with Crippen LogP contribution >= 0.6 is 0 Å². The number of halogens is 3. The Morgan fingerprint density at radius 1 is 1.07 bits per heavy atom. The van der Waals surface area contributed by atoms with Crippen molar-refractivity contribution >= 4 is 40.6 Å². The first-order valence-corrected chi connectivity index (χ1v) is 13.5. The molecule has 1 aliphatic carbocycles. The van der Waals surface area contributed by atoms with Gasteiger partial charge < -0.3 is 25.6 Å². The van der Waals surface area contributed by atoms with Gasteiger partial charge in [0.25, 0.3) is 0 Å². The number of likely N-dealkylation sites (tertiary alicyclic amines) is 1. The van der Waals surface area contributed by atoms with Crippen molar-refractivity contribution in [2.75, 3.05) is 36.1 Å². The van der Waals surface area contributed by atoms with Crippen LogP contribution in [0.2, 0.25) is 0 Å². The molecule has 3 N–H and O–H groups in total. The third-order valence-corrected chi connectivity index (χ3v) is 7.81. The third-order valence-electron chi connectivity index (χ3n) is 7.81. The van der Waals surface area contributed by atoms with Crippen molar-refractivity contribution in [1.82, 2.24) is 14.9 Å².